The number of hydrogen-bond acceptors (Lipinski definition) is 1. The molecule has 3 rings (SSSR count). The molecule has 0 atom stereocenters. The molecule has 2 aromatic carbocycles. The molecular formula is C27H39BN2. The Labute approximate surface area is 184 Å². The van der Waals surface area contributed by atoms with Gasteiger partial charge in [0.1, 0.15) is 0 Å². The molecule has 0 radical (unpaired) electrons. The van der Waals surface area contributed by atoms with Crippen LogP contribution >= 0.6 is 0 Å². The van der Waals surface area contributed by atoms with Gasteiger partial charge in [-0.15, -0.1) is 0 Å². The van der Waals surface area contributed by atoms with E-state index in [-0.39, 0.29) is 0 Å². The van der Waals surface area contributed by atoms with Crippen LogP contribution in [0.15, 0.2) is 79.4 Å². The van der Waals surface area contributed by atoms with E-state index in [2.05, 4.69) is 84.1 Å². The quantitative estimate of drug-likeness (QED) is 0.255. The van der Waals surface area contributed by atoms with Crippen molar-refractivity contribution in [3.05, 3.63) is 79.4 Å². The third-order valence-electron chi connectivity index (χ3n) is 5.64. The number of nitrogens with zero attached hydrogens (tertiary/aromatic N) is 2. The monoisotopic (exact) mass is 402 g/mol. The van der Waals surface area contributed by atoms with Crippen LogP contribution in [-0.2, 0) is 6.54 Å². The lowest BCUT2D eigenvalue weighted by Crippen LogP contribution is -2.41. The lowest BCUT2D eigenvalue weighted by Gasteiger charge is -2.11. The van der Waals surface area contributed by atoms with Gasteiger partial charge in [-0.2, -0.15) is 0 Å². The topological polar surface area (TPSA) is 17.8 Å². The summed E-state index contributed by atoms with van der Waals surface area (Å²) in [6, 6.07) is 21.4. The number of aryl methyl sites for hydroxylation is 1. The number of unbranched alkanes of at least 4 members (excludes halogenated alkanes) is 7. The van der Waals surface area contributed by atoms with E-state index in [1.807, 2.05) is 18.7 Å². The molecule has 0 bridgehead atoms. The summed E-state index contributed by atoms with van der Waals surface area (Å²) >= 11 is 0. The molecule has 0 N–H and O–H groups in total. The van der Waals surface area contributed by atoms with E-state index in [0.29, 0.717) is 6.71 Å². The minimum absolute atomic E-state index is 0.535. The Bertz CT molecular complexity index is 702. The maximum Gasteiger partial charge on any atom is 0.209 e. The Morgan fingerprint density at radius 3 is 1.70 bits per heavy atom. The third-order valence-corrected chi connectivity index (χ3v) is 5.64. The number of rotatable bonds is 12. The second-order valence-electron chi connectivity index (χ2n) is 8.06. The van der Waals surface area contributed by atoms with Crippen molar-refractivity contribution >= 4 is 17.6 Å². The van der Waals surface area contributed by atoms with Crippen molar-refractivity contribution < 1.29 is 0 Å². The number of imidazole rings is 1. The van der Waals surface area contributed by atoms with Crippen molar-refractivity contribution in [1.29, 1.82) is 0 Å². The first-order valence-electron chi connectivity index (χ1n) is 11.9. The van der Waals surface area contributed by atoms with E-state index in [1.54, 1.807) is 0 Å². The van der Waals surface area contributed by atoms with E-state index in [4.69, 9.17) is 0 Å². The number of benzene rings is 2. The summed E-state index contributed by atoms with van der Waals surface area (Å²) in [5.41, 5.74) is 2.82. The van der Waals surface area contributed by atoms with Crippen LogP contribution in [0.3, 0.4) is 0 Å². The maximum absolute atomic E-state index is 4.03. The summed E-state index contributed by atoms with van der Waals surface area (Å²) in [5, 5.41) is 0. The van der Waals surface area contributed by atoms with Crippen molar-refractivity contribution in [3.63, 3.8) is 0 Å². The van der Waals surface area contributed by atoms with Crippen molar-refractivity contribution in [2.75, 3.05) is 0 Å². The average Bonchev–Trinajstić information content (AvgIpc) is 3.32. The van der Waals surface area contributed by atoms with Gasteiger partial charge in [0.25, 0.3) is 0 Å². The molecule has 0 saturated carbocycles. The highest BCUT2D eigenvalue weighted by atomic mass is 15.0. The molecule has 0 fully saturated rings. The van der Waals surface area contributed by atoms with Crippen molar-refractivity contribution in [1.82, 2.24) is 9.55 Å². The van der Waals surface area contributed by atoms with Crippen LogP contribution in [0.1, 0.15) is 65.2 Å². The first kappa shape index (κ1) is 24.0. The van der Waals surface area contributed by atoms with Crippen LogP contribution < -0.4 is 10.9 Å². The van der Waals surface area contributed by atoms with Gasteiger partial charge in [-0.05, 0) is 6.42 Å². The van der Waals surface area contributed by atoms with Gasteiger partial charge in [0, 0.05) is 18.9 Å². The summed E-state index contributed by atoms with van der Waals surface area (Å²) in [5.74, 6) is 0. The molecule has 0 amide bonds. The van der Waals surface area contributed by atoms with Crippen LogP contribution in [0.5, 0.6) is 0 Å². The summed E-state index contributed by atoms with van der Waals surface area (Å²) in [4.78, 5) is 4.03. The zero-order valence-electron chi connectivity index (χ0n) is 19.0. The highest BCUT2D eigenvalue weighted by Gasteiger charge is 2.15. The molecule has 2 nitrogen and oxygen atoms in total. The SMILES string of the molecule is CCB(c1ccccc1)c1ccccc1.CCCCCCCCCCn1ccnc1. The molecule has 0 aliphatic heterocycles. The Morgan fingerprint density at radius 1 is 0.700 bits per heavy atom. The van der Waals surface area contributed by atoms with Gasteiger partial charge in [-0.1, -0.05) is 137 Å². The maximum atomic E-state index is 4.03. The fourth-order valence-corrected chi connectivity index (χ4v) is 3.88. The Kier molecular flexibility index (Phi) is 12.4. The summed E-state index contributed by atoms with van der Waals surface area (Å²) < 4.78 is 2.16. The van der Waals surface area contributed by atoms with Crippen LogP contribution in [0.2, 0.25) is 6.32 Å². The largest absolute Gasteiger partial charge is 0.337 e. The van der Waals surface area contributed by atoms with Crippen molar-refractivity contribution in [2.24, 2.45) is 0 Å². The van der Waals surface area contributed by atoms with E-state index >= 15 is 0 Å². The Balaban J connectivity index is 0.000000214. The van der Waals surface area contributed by atoms with E-state index in [9.17, 15) is 0 Å². The molecule has 3 heteroatoms. The van der Waals surface area contributed by atoms with E-state index < -0.39 is 0 Å². The molecule has 0 spiro atoms. The van der Waals surface area contributed by atoms with Crippen molar-refractivity contribution in [2.45, 2.75) is 78.1 Å². The lowest BCUT2D eigenvalue weighted by atomic mass is 9.39. The first-order chi connectivity index (χ1) is 14.8. The first-order valence-corrected chi connectivity index (χ1v) is 11.9. The second kappa shape index (κ2) is 15.5. The predicted octanol–water partition coefficient (Wildman–Crippen LogP) is 6.34. The minimum Gasteiger partial charge on any atom is -0.337 e. The lowest BCUT2D eigenvalue weighted by molar-refractivity contribution is 0.543. The third kappa shape index (κ3) is 9.48. The summed E-state index contributed by atoms with van der Waals surface area (Å²) in [6.07, 6.45) is 18.0. The van der Waals surface area contributed by atoms with Crippen LogP contribution in [-0.4, -0.2) is 16.3 Å². The standard InChI is InChI=1S/C14H15B.C13H24N2/c1-2-15(13-9-5-3-6-10-13)14-11-7-4-8-12-14;1-2-3-4-5-6-7-8-9-11-15-12-10-14-13-15/h3-12H,2H2,1H3;10,12-13H,2-9,11H2,1H3. The molecule has 0 aliphatic rings. The van der Waals surface area contributed by atoms with Crippen LogP contribution in [0, 0.1) is 0 Å². The van der Waals surface area contributed by atoms with Gasteiger partial charge >= 0.3 is 0 Å². The predicted molar refractivity (Wildman–Crippen MR) is 133 cm³/mol. The van der Waals surface area contributed by atoms with Gasteiger partial charge in [0.2, 0.25) is 6.71 Å². The molecule has 0 unspecified atom stereocenters. The second-order valence-corrected chi connectivity index (χ2v) is 8.06. The zero-order chi connectivity index (χ0) is 21.3. The van der Waals surface area contributed by atoms with Gasteiger partial charge in [0.15, 0.2) is 0 Å². The number of hydrogen-bond donors (Lipinski definition) is 0. The van der Waals surface area contributed by atoms with Crippen molar-refractivity contribution in [3.8, 4) is 0 Å². The van der Waals surface area contributed by atoms with Crippen LogP contribution in [0.25, 0.3) is 0 Å². The molecule has 3 aromatic rings. The van der Waals surface area contributed by atoms with E-state index in [1.165, 1.54) is 62.3 Å². The van der Waals surface area contributed by atoms with E-state index in [0.717, 1.165) is 12.9 Å². The number of aromatic nitrogens is 2. The molecule has 0 saturated heterocycles. The molecular weight excluding hydrogens is 363 g/mol. The molecule has 0 aliphatic carbocycles. The normalized spacial score (nSPS) is 10.3. The highest BCUT2D eigenvalue weighted by Crippen LogP contribution is 2.08. The van der Waals surface area contributed by atoms with Gasteiger partial charge in [-0.25, -0.2) is 4.98 Å². The molecule has 1 heterocycles. The highest BCUT2D eigenvalue weighted by molar-refractivity contribution is 6.85. The molecule has 1 aromatic heterocycles. The average molecular weight is 402 g/mol. The fraction of sp³-hybridized carbons (Fsp3) is 0.444. The summed E-state index contributed by atoms with van der Waals surface area (Å²) in [6.45, 7) is 6.18. The van der Waals surface area contributed by atoms with Gasteiger partial charge < -0.3 is 4.57 Å². The smallest absolute Gasteiger partial charge is 0.209 e. The molecule has 160 valence electrons. The van der Waals surface area contributed by atoms with Crippen LogP contribution in [0.4, 0.5) is 0 Å². The zero-order valence-corrected chi connectivity index (χ0v) is 19.0. The Hall–Kier alpha value is -2.29. The summed E-state index contributed by atoms with van der Waals surface area (Å²) in [7, 11) is 0. The van der Waals surface area contributed by atoms with Gasteiger partial charge in [0.05, 0.1) is 6.33 Å². The Morgan fingerprint density at radius 2 is 1.23 bits per heavy atom. The minimum atomic E-state index is 0.535. The fourth-order valence-electron chi connectivity index (χ4n) is 3.88. The molecule has 30 heavy (non-hydrogen) atoms. The van der Waals surface area contributed by atoms with Gasteiger partial charge in [-0.3, -0.25) is 0 Å².